The molecule has 1 heterocycles. The van der Waals surface area contributed by atoms with Crippen molar-refractivity contribution < 1.29 is 28.7 Å². The quantitative estimate of drug-likeness (QED) is 0.208. The second-order valence-electron chi connectivity index (χ2n) is 7.79. The van der Waals surface area contributed by atoms with E-state index in [-0.39, 0.29) is 40.6 Å². The van der Waals surface area contributed by atoms with Crippen molar-refractivity contribution in [2.24, 2.45) is 0 Å². The number of methoxy groups -OCH3 is 1. The molecule has 2 N–H and O–H groups in total. The molecule has 3 rings (SSSR count). The van der Waals surface area contributed by atoms with Crippen LogP contribution < -0.4 is 20.1 Å². The smallest absolute Gasteiger partial charge is 0.338 e. The number of amides is 2. The number of nitro benzene ring substituents is 1. The van der Waals surface area contributed by atoms with Gasteiger partial charge in [0.05, 0.1) is 42.6 Å². The lowest BCUT2D eigenvalue weighted by atomic mass is 9.92. The molecule has 2 aromatic carbocycles. The highest BCUT2D eigenvalue weighted by molar-refractivity contribution is 6.04. The molecular formula is C25H29N3O7. The highest BCUT2D eigenvalue weighted by atomic mass is 16.6. The van der Waals surface area contributed by atoms with Crippen LogP contribution in [0.25, 0.3) is 5.70 Å². The molecule has 0 aromatic heterocycles. The summed E-state index contributed by atoms with van der Waals surface area (Å²) in [5.74, 6) is -0.532. The first-order valence-electron chi connectivity index (χ1n) is 11.4. The van der Waals surface area contributed by atoms with Crippen LogP contribution in [-0.2, 0) is 9.53 Å². The summed E-state index contributed by atoms with van der Waals surface area (Å²) in [7, 11) is 1.38. The van der Waals surface area contributed by atoms with Gasteiger partial charge < -0.3 is 24.8 Å². The van der Waals surface area contributed by atoms with E-state index in [0.717, 1.165) is 19.3 Å². The topological polar surface area (TPSA) is 129 Å². The number of nitrogens with one attached hydrogen (secondary N) is 2. The van der Waals surface area contributed by atoms with Crippen LogP contribution in [0.4, 0.5) is 10.5 Å². The van der Waals surface area contributed by atoms with Crippen molar-refractivity contribution in [2.75, 3.05) is 20.3 Å². The van der Waals surface area contributed by atoms with Crippen molar-refractivity contribution in [3.8, 4) is 11.5 Å². The summed E-state index contributed by atoms with van der Waals surface area (Å²) in [5, 5.41) is 17.3. The second kappa shape index (κ2) is 11.9. The van der Waals surface area contributed by atoms with Crippen LogP contribution in [0.1, 0.15) is 50.3 Å². The normalized spacial score (nSPS) is 15.2. The number of benzene rings is 2. The van der Waals surface area contributed by atoms with E-state index in [9.17, 15) is 19.7 Å². The molecule has 10 nitrogen and oxygen atoms in total. The van der Waals surface area contributed by atoms with E-state index < -0.39 is 23.0 Å². The summed E-state index contributed by atoms with van der Waals surface area (Å²) in [6, 6.07) is 10.1. The van der Waals surface area contributed by atoms with Crippen molar-refractivity contribution in [3.05, 3.63) is 69.3 Å². The second-order valence-corrected chi connectivity index (χ2v) is 7.79. The largest absolute Gasteiger partial charge is 0.493 e. The molecule has 0 bridgehead atoms. The van der Waals surface area contributed by atoms with Gasteiger partial charge in [-0.05, 0) is 30.5 Å². The zero-order valence-corrected chi connectivity index (χ0v) is 20.0. The number of esters is 1. The molecule has 0 saturated carbocycles. The Bertz CT molecular complexity index is 1120. The number of ether oxygens (including phenoxy) is 3. The van der Waals surface area contributed by atoms with Crippen LogP contribution in [0.3, 0.4) is 0 Å². The Balaban J connectivity index is 2.16. The zero-order valence-electron chi connectivity index (χ0n) is 20.0. The number of hydrogen-bond acceptors (Lipinski definition) is 7. The third-order valence-corrected chi connectivity index (χ3v) is 5.43. The fourth-order valence-electron chi connectivity index (χ4n) is 3.81. The summed E-state index contributed by atoms with van der Waals surface area (Å²) in [4.78, 5) is 37.0. The maximum absolute atomic E-state index is 13.1. The minimum atomic E-state index is -1.03. The Labute approximate surface area is 203 Å². The van der Waals surface area contributed by atoms with Crippen LogP contribution in [0.15, 0.2) is 48.0 Å². The van der Waals surface area contributed by atoms with Gasteiger partial charge in [-0.3, -0.25) is 10.1 Å². The molecule has 2 aromatic rings. The predicted molar refractivity (Wildman–Crippen MR) is 129 cm³/mol. The molecule has 10 heteroatoms. The molecule has 2 amide bonds. The molecule has 1 unspecified atom stereocenters. The van der Waals surface area contributed by atoms with Gasteiger partial charge in [0, 0.05) is 6.07 Å². The van der Waals surface area contributed by atoms with E-state index in [1.54, 1.807) is 31.2 Å². The van der Waals surface area contributed by atoms with E-state index >= 15 is 0 Å². The molecule has 1 aliphatic rings. The Kier molecular flexibility index (Phi) is 8.66. The molecule has 0 fully saturated rings. The van der Waals surface area contributed by atoms with Gasteiger partial charge in [0.25, 0.3) is 0 Å². The van der Waals surface area contributed by atoms with Gasteiger partial charge >= 0.3 is 17.7 Å². The third-order valence-electron chi connectivity index (χ3n) is 5.43. The average molecular weight is 484 g/mol. The monoisotopic (exact) mass is 483 g/mol. The van der Waals surface area contributed by atoms with E-state index in [1.807, 2.05) is 13.0 Å². The Morgan fingerprint density at radius 2 is 1.89 bits per heavy atom. The van der Waals surface area contributed by atoms with E-state index in [2.05, 4.69) is 10.6 Å². The molecular weight excluding hydrogens is 454 g/mol. The predicted octanol–water partition coefficient (Wildman–Crippen LogP) is 4.50. The molecule has 0 saturated heterocycles. The first-order chi connectivity index (χ1) is 16.9. The fourth-order valence-corrected chi connectivity index (χ4v) is 3.81. The molecule has 0 spiro atoms. The molecule has 1 atom stereocenters. The fraction of sp³-hybridized carbons (Fsp3) is 0.360. The van der Waals surface area contributed by atoms with Gasteiger partial charge in [0.1, 0.15) is 0 Å². The van der Waals surface area contributed by atoms with Crippen molar-refractivity contribution in [3.63, 3.8) is 0 Å². The van der Waals surface area contributed by atoms with Gasteiger partial charge in [0.15, 0.2) is 5.75 Å². The maximum atomic E-state index is 13.1. The first-order valence-corrected chi connectivity index (χ1v) is 11.4. The zero-order chi connectivity index (χ0) is 25.4. The van der Waals surface area contributed by atoms with Crippen LogP contribution >= 0.6 is 0 Å². The van der Waals surface area contributed by atoms with Gasteiger partial charge in [-0.1, -0.05) is 50.1 Å². The molecule has 35 heavy (non-hydrogen) atoms. The van der Waals surface area contributed by atoms with Gasteiger partial charge in [0.2, 0.25) is 5.75 Å². The highest BCUT2D eigenvalue weighted by Crippen LogP contribution is 2.42. The number of unbranched alkanes of at least 4 members (excludes halogenated alkanes) is 2. The van der Waals surface area contributed by atoms with Crippen molar-refractivity contribution >= 4 is 23.4 Å². The minimum Gasteiger partial charge on any atom is -0.493 e. The standard InChI is InChI=1S/C25H29N3O7/c1-4-6-10-13-35-23-18(28(31)32)14-17(15-19(23)33-3)22-20(24(29)34-5-2)21(26-25(30)27-22)16-11-8-7-9-12-16/h7-9,11-12,14-15,22H,4-6,10,13H2,1-3H3,(H2,26,27,30). The Morgan fingerprint density at radius 3 is 2.51 bits per heavy atom. The van der Waals surface area contributed by atoms with Crippen molar-refractivity contribution in [1.29, 1.82) is 0 Å². The third kappa shape index (κ3) is 5.89. The number of urea groups is 1. The van der Waals surface area contributed by atoms with Gasteiger partial charge in [-0.2, -0.15) is 0 Å². The maximum Gasteiger partial charge on any atom is 0.338 e. The first kappa shape index (κ1) is 25.5. The van der Waals surface area contributed by atoms with Crippen molar-refractivity contribution in [2.45, 2.75) is 39.2 Å². The summed E-state index contributed by atoms with van der Waals surface area (Å²) in [6.07, 6.45) is 2.63. The van der Waals surface area contributed by atoms with E-state index in [1.165, 1.54) is 19.2 Å². The van der Waals surface area contributed by atoms with E-state index in [4.69, 9.17) is 14.2 Å². The lowest BCUT2D eigenvalue weighted by molar-refractivity contribution is -0.386. The van der Waals surface area contributed by atoms with Crippen LogP contribution in [0, 0.1) is 10.1 Å². The number of nitro groups is 1. The number of rotatable bonds is 11. The SMILES string of the molecule is CCCCCOc1c(OC)cc(C2NC(=O)NC(c3ccccc3)=C2C(=O)OCC)cc1[N+](=O)[O-]. The average Bonchev–Trinajstić information content (AvgIpc) is 2.86. The summed E-state index contributed by atoms with van der Waals surface area (Å²) < 4.78 is 16.4. The molecule has 1 aliphatic heterocycles. The van der Waals surface area contributed by atoms with Crippen LogP contribution in [0.2, 0.25) is 0 Å². The van der Waals surface area contributed by atoms with Crippen LogP contribution in [-0.4, -0.2) is 37.2 Å². The highest BCUT2D eigenvalue weighted by Gasteiger charge is 2.36. The number of hydrogen-bond donors (Lipinski definition) is 2. The van der Waals surface area contributed by atoms with Gasteiger partial charge in [-0.15, -0.1) is 0 Å². The number of carbonyl (C=O) groups is 2. The van der Waals surface area contributed by atoms with E-state index in [0.29, 0.717) is 12.2 Å². The van der Waals surface area contributed by atoms with Crippen molar-refractivity contribution in [1.82, 2.24) is 10.6 Å². The summed E-state index contributed by atoms with van der Waals surface area (Å²) in [5.41, 5.74) is 0.923. The van der Waals surface area contributed by atoms with Gasteiger partial charge in [-0.25, -0.2) is 9.59 Å². The molecule has 0 aliphatic carbocycles. The molecule has 0 radical (unpaired) electrons. The lowest BCUT2D eigenvalue weighted by Crippen LogP contribution is -2.45. The summed E-state index contributed by atoms with van der Waals surface area (Å²) in [6.45, 7) is 4.12. The minimum absolute atomic E-state index is 0.00237. The number of nitrogens with zero attached hydrogens (tertiary/aromatic N) is 1. The summed E-state index contributed by atoms with van der Waals surface area (Å²) >= 11 is 0. The molecule has 186 valence electrons. The number of carbonyl (C=O) groups excluding carboxylic acids is 2. The Morgan fingerprint density at radius 1 is 1.14 bits per heavy atom. The lowest BCUT2D eigenvalue weighted by Gasteiger charge is -2.29. The Hall–Kier alpha value is -4.08. The van der Waals surface area contributed by atoms with Crippen LogP contribution in [0.5, 0.6) is 11.5 Å².